The van der Waals surface area contributed by atoms with Crippen molar-refractivity contribution in [2.45, 2.75) is 37.8 Å². The molecule has 1 amide bonds. The Hall–Kier alpha value is -2.86. The molecule has 0 saturated heterocycles. The molecule has 0 spiro atoms. The Kier molecular flexibility index (Phi) is 8.60. The third-order valence-corrected chi connectivity index (χ3v) is 5.68. The van der Waals surface area contributed by atoms with E-state index in [-0.39, 0.29) is 24.4 Å². The van der Waals surface area contributed by atoms with Gasteiger partial charge in [-0.2, -0.15) is 13.2 Å². The number of amides is 1. The average Bonchev–Trinajstić information content (AvgIpc) is 3.09. The molecule has 0 radical (unpaired) electrons. The van der Waals surface area contributed by atoms with Crippen LogP contribution in [0.25, 0.3) is 11.4 Å². The molecule has 3 N–H and O–H groups in total. The maximum absolute atomic E-state index is 13.0. The topological polar surface area (TPSA) is 109 Å². The molecular weight excluding hydrogens is 512 g/mol. The number of nitrogens with one attached hydrogen (secondary N) is 1. The van der Waals surface area contributed by atoms with Crippen LogP contribution in [0.1, 0.15) is 18.0 Å². The van der Waals surface area contributed by atoms with Crippen molar-refractivity contribution < 1.29 is 28.2 Å². The van der Waals surface area contributed by atoms with Crippen LogP contribution in [0, 0.1) is 0 Å². The zero-order chi connectivity index (χ0) is 25.8. The zero-order valence-electron chi connectivity index (χ0n) is 18.0. The van der Waals surface area contributed by atoms with Crippen LogP contribution in [0.15, 0.2) is 53.3 Å². The van der Waals surface area contributed by atoms with E-state index >= 15 is 0 Å². The SMILES string of the molecule is O=C(Cn1nc(-c2ccc(Cl)cc2)n(C[C@H](O)C(F)(F)F)c1=O)NC(CCO)c1ccccc1Cl. The van der Waals surface area contributed by atoms with Crippen LogP contribution >= 0.6 is 23.2 Å². The summed E-state index contributed by atoms with van der Waals surface area (Å²) in [6.07, 6.45) is -7.66. The number of rotatable bonds is 9. The van der Waals surface area contributed by atoms with Crippen LogP contribution in [0.5, 0.6) is 0 Å². The van der Waals surface area contributed by atoms with Gasteiger partial charge in [0.05, 0.1) is 12.6 Å². The molecule has 188 valence electrons. The average molecular weight is 533 g/mol. The fourth-order valence-electron chi connectivity index (χ4n) is 3.37. The van der Waals surface area contributed by atoms with E-state index in [0.29, 0.717) is 24.9 Å². The van der Waals surface area contributed by atoms with Gasteiger partial charge in [-0.15, -0.1) is 5.10 Å². The number of hydrogen-bond donors (Lipinski definition) is 3. The highest BCUT2D eigenvalue weighted by molar-refractivity contribution is 6.31. The lowest BCUT2D eigenvalue weighted by Gasteiger charge is -2.19. The van der Waals surface area contributed by atoms with E-state index in [9.17, 15) is 33.0 Å². The van der Waals surface area contributed by atoms with E-state index in [1.807, 2.05) is 0 Å². The minimum absolute atomic E-state index is 0.132. The lowest BCUT2D eigenvalue weighted by atomic mass is 10.0. The van der Waals surface area contributed by atoms with Crippen molar-refractivity contribution in [3.8, 4) is 11.4 Å². The molecule has 0 aliphatic heterocycles. The second-order valence-corrected chi connectivity index (χ2v) is 8.44. The van der Waals surface area contributed by atoms with Gasteiger partial charge >= 0.3 is 11.9 Å². The Labute approximate surface area is 207 Å². The van der Waals surface area contributed by atoms with Crippen LogP contribution in [-0.2, 0) is 17.9 Å². The lowest BCUT2D eigenvalue weighted by Crippen LogP contribution is -2.39. The van der Waals surface area contributed by atoms with Gasteiger partial charge in [-0.3, -0.25) is 9.36 Å². The molecule has 0 saturated carbocycles. The first-order valence-corrected chi connectivity index (χ1v) is 11.1. The van der Waals surface area contributed by atoms with E-state index in [1.54, 1.807) is 24.3 Å². The van der Waals surface area contributed by atoms with E-state index in [1.165, 1.54) is 24.3 Å². The normalized spacial score (nSPS) is 13.5. The molecule has 0 fully saturated rings. The summed E-state index contributed by atoms with van der Waals surface area (Å²) in [6.45, 7) is -2.00. The smallest absolute Gasteiger partial charge is 0.396 e. The quantitative estimate of drug-likeness (QED) is 0.392. The number of hydrogen-bond acceptors (Lipinski definition) is 5. The number of alkyl halides is 3. The first kappa shape index (κ1) is 26.7. The fourth-order valence-corrected chi connectivity index (χ4v) is 3.76. The Balaban J connectivity index is 1.91. The number of nitrogens with zero attached hydrogens (tertiary/aromatic N) is 3. The molecule has 8 nitrogen and oxygen atoms in total. The molecule has 1 aromatic heterocycles. The van der Waals surface area contributed by atoms with Crippen LogP contribution in [0.2, 0.25) is 10.0 Å². The van der Waals surface area contributed by atoms with Crippen LogP contribution in [0.3, 0.4) is 0 Å². The van der Waals surface area contributed by atoms with Gasteiger partial charge in [0.1, 0.15) is 6.54 Å². The lowest BCUT2D eigenvalue weighted by molar-refractivity contribution is -0.207. The fraction of sp³-hybridized carbons (Fsp3) is 0.318. The molecule has 0 aliphatic rings. The van der Waals surface area contributed by atoms with Gasteiger partial charge in [-0.05, 0) is 42.3 Å². The van der Waals surface area contributed by atoms with Gasteiger partial charge in [0.15, 0.2) is 11.9 Å². The number of carbonyl (C=O) groups is 1. The van der Waals surface area contributed by atoms with Crippen molar-refractivity contribution in [2.24, 2.45) is 0 Å². The van der Waals surface area contributed by atoms with Gasteiger partial charge < -0.3 is 15.5 Å². The van der Waals surface area contributed by atoms with Gasteiger partial charge in [-0.1, -0.05) is 41.4 Å². The summed E-state index contributed by atoms with van der Waals surface area (Å²) in [7, 11) is 0. The van der Waals surface area contributed by atoms with Crippen LogP contribution in [-0.4, -0.2) is 49.4 Å². The number of halogens is 5. The van der Waals surface area contributed by atoms with E-state index in [0.717, 1.165) is 0 Å². The molecule has 0 aliphatic carbocycles. The number of carbonyl (C=O) groups excluding carboxylic acids is 1. The first-order chi connectivity index (χ1) is 16.5. The highest BCUT2D eigenvalue weighted by Gasteiger charge is 2.39. The molecule has 3 rings (SSSR count). The molecule has 1 unspecified atom stereocenters. The molecule has 0 bridgehead atoms. The molecular formula is C22H21Cl2F3N4O4. The molecule has 35 heavy (non-hydrogen) atoms. The number of aliphatic hydroxyl groups is 2. The van der Waals surface area contributed by atoms with Crippen molar-refractivity contribution in [3.63, 3.8) is 0 Å². The summed E-state index contributed by atoms with van der Waals surface area (Å²) >= 11 is 12.0. The number of benzene rings is 2. The summed E-state index contributed by atoms with van der Waals surface area (Å²) < 4.78 is 40.3. The molecule has 1 heterocycles. The Bertz CT molecular complexity index is 1230. The largest absolute Gasteiger partial charge is 0.416 e. The van der Waals surface area contributed by atoms with Crippen molar-refractivity contribution in [3.05, 3.63) is 74.6 Å². The standard InChI is InChI=1S/C22H21Cl2F3N4O4/c23-14-7-5-13(6-8-14)20-29-31(21(35)30(20)11-18(33)22(25,26)27)12-19(34)28-17(9-10-32)15-3-1-2-4-16(15)24/h1-8,17-18,32-33H,9-12H2,(H,28,34)/t17?,18-/m0/s1. The first-order valence-electron chi connectivity index (χ1n) is 10.3. The molecule has 13 heteroatoms. The molecule has 3 aromatic rings. The summed E-state index contributed by atoms with van der Waals surface area (Å²) in [6, 6.07) is 11.8. The summed E-state index contributed by atoms with van der Waals surface area (Å²) in [5.74, 6) is -0.866. The number of aromatic nitrogens is 3. The molecule has 2 aromatic carbocycles. The van der Waals surface area contributed by atoms with Crippen molar-refractivity contribution >= 4 is 29.1 Å². The Morgan fingerprint density at radius 2 is 1.77 bits per heavy atom. The van der Waals surface area contributed by atoms with Crippen LogP contribution < -0.4 is 11.0 Å². The van der Waals surface area contributed by atoms with Crippen molar-refractivity contribution in [2.75, 3.05) is 6.61 Å². The van der Waals surface area contributed by atoms with Gasteiger partial charge in [0.2, 0.25) is 5.91 Å². The minimum atomic E-state index is -4.97. The summed E-state index contributed by atoms with van der Waals surface area (Å²) in [5.41, 5.74) is -0.219. The third kappa shape index (κ3) is 6.63. The summed E-state index contributed by atoms with van der Waals surface area (Å²) in [4.78, 5) is 25.6. The predicted molar refractivity (Wildman–Crippen MR) is 123 cm³/mol. The van der Waals surface area contributed by atoms with Crippen molar-refractivity contribution in [1.82, 2.24) is 19.7 Å². The minimum Gasteiger partial charge on any atom is -0.396 e. The van der Waals surface area contributed by atoms with Gasteiger partial charge in [-0.25, -0.2) is 9.48 Å². The monoisotopic (exact) mass is 532 g/mol. The van der Waals surface area contributed by atoms with E-state index < -0.39 is 43.0 Å². The maximum Gasteiger partial charge on any atom is 0.416 e. The Morgan fingerprint density at radius 1 is 1.11 bits per heavy atom. The van der Waals surface area contributed by atoms with E-state index in [4.69, 9.17) is 23.2 Å². The maximum atomic E-state index is 13.0. The van der Waals surface area contributed by atoms with Crippen LogP contribution in [0.4, 0.5) is 13.2 Å². The highest BCUT2D eigenvalue weighted by atomic mass is 35.5. The Morgan fingerprint density at radius 3 is 2.37 bits per heavy atom. The molecule has 2 atom stereocenters. The third-order valence-electron chi connectivity index (χ3n) is 5.09. The predicted octanol–water partition coefficient (Wildman–Crippen LogP) is 3.18. The van der Waals surface area contributed by atoms with Gasteiger partial charge in [0.25, 0.3) is 0 Å². The number of aliphatic hydroxyl groups excluding tert-OH is 2. The second-order valence-electron chi connectivity index (χ2n) is 7.59. The van der Waals surface area contributed by atoms with E-state index in [2.05, 4.69) is 10.4 Å². The second kappa shape index (κ2) is 11.3. The van der Waals surface area contributed by atoms with Crippen molar-refractivity contribution in [1.29, 1.82) is 0 Å². The summed E-state index contributed by atoms with van der Waals surface area (Å²) in [5, 5.41) is 26.3. The zero-order valence-corrected chi connectivity index (χ0v) is 19.6. The highest BCUT2D eigenvalue weighted by Crippen LogP contribution is 2.26. The van der Waals surface area contributed by atoms with Gasteiger partial charge in [0, 0.05) is 22.2 Å².